The lowest BCUT2D eigenvalue weighted by Gasteiger charge is -2.20. The Morgan fingerprint density at radius 1 is 0.293 bits per heavy atom. The Morgan fingerprint density at radius 2 is 0.732 bits per heavy atom. The van der Waals surface area contributed by atoms with E-state index in [2.05, 4.69) is 6.07 Å². The second-order valence-electron chi connectivity index (χ2n) is 19.1. The highest BCUT2D eigenvalue weighted by Crippen LogP contribution is 2.47. The summed E-state index contributed by atoms with van der Waals surface area (Å²) in [4.78, 5) is 0. The smallest absolute Gasteiger partial charge is 0.309 e. The molecule has 3 nitrogen and oxygen atoms in total. The molecular weight excluding hydrogens is 1120 g/mol. The van der Waals surface area contributed by atoms with E-state index in [1.165, 1.54) is 72.8 Å². The Labute approximate surface area is 449 Å². The summed E-state index contributed by atoms with van der Waals surface area (Å²) in [6.45, 7) is 0. The summed E-state index contributed by atoms with van der Waals surface area (Å²) in [7, 11) is 0. The number of fused-ring (bicyclic) bond motifs is 6. The first-order valence-electron chi connectivity index (χ1n) is 24.0. The van der Waals surface area contributed by atoms with Gasteiger partial charge in [-0.3, -0.25) is 0 Å². The molecule has 2 aromatic heterocycles. The summed E-state index contributed by atoms with van der Waals surface area (Å²) in [6, 6.07) is 34.5. The van der Waals surface area contributed by atoms with Crippen molar-refractivity contribution in [2.45, 2.75) is 37.1 Å². The lowest BCUT2D eigenvalue weighted by molar-refractivity contribution is -0.144. The van der Waals surface area contributed by atoms with Crippen molar-refractivity contribution in [2.24, 2.45) is 0 Å². The van der Waals surface area contributed by atoms with Crippen molar-refractivity contribution in [1.29, 1.82) is 5.26 Å². The minimum atomic E-state index is -5.36. The van der Waals surface area contributed by atoms with Gasteiger partial charge in [0.15, 0.2) is 0 Å². The highest BCUT2D eigenvalue weighted by molar-refractivity contribution is 6.12. The van der Waals surface area contributed by atoms with Gasteiger partial charge in [0.2, 0.25) is 0 Å². The molecule has 0 aliphatic heterocycles. The Hall–Kier alpha value is -9.19. The van der Waals surface area contributed by atoms with E-state index in [0.29, 0.717) is 69.1 Å². The van der Waals surface area contributed by atoms with Gasteiger partial charge in [0.1, 0.15) is 0 Å². The number of hydrogen-bond donors (Lipinski definition) is 0. The van der Waals surface area contributed by atoms with Crippen molar-refractivity contribution < 1.29 is 79.0 Å². The highest BCUT2D eigenvalue weighted by atomic mass is 19.4. The van der Waals surface area contributed by atoms with Crippen LogP contribution in [-0.4, -0.2) is 9.13 Å². The van der Waals surface area contributed by atoms with Gasteiger partial charge in [0.05, 0.1) is 72.8 Å². The van der Waals surface area contributed by atoms with Crippen LogP contribution in [0.15, 0.2) is 176 Å². The maximum absolute atomic E-state index is 14.9. The summed E-state index contributed by atoms with van der Waals surface area (Å²) >= 11 is 0. The van der Waals surface area contributed by atoms with Crippen LogP contribution in [0.1, 0.15) is 38.9 Å². The lowest BCUT2D eigenvalue weighted by atomic mass is 9.91. The maximum Gasteiger partial charge on any atom is 0.417 e. The summed E-state index contributed by atoms with van der Waals surface area (Å²) in [5.41, 5.74) is -10.0. The Balaban J connectivity index is 1.17. The number of alkyl halides is 18. The van der Waals surface area contributed by atoms with Crippen LogP contribution in [0.4, 0.5) is 79.0 Å². The summed E-state index contributed by atoms with van der Waals surface area (Å²) in [6.07, 6.45) is -31.3. The first-order chi connectivity index (χ1) is 38.4. The highest BCUT2D eigenvalue weighted by Gasteiger charge is 2.41. The zero-order valence-corrected chi connectivity index (χ0v) is 40.9. The van der Waals surface area contributed by atoms with Gasteiger partial charge in [-0.2, -0.15) is 84.3 Å². The van der Waals surface area contributed by atoms with E-state index >= 15 is 0 Å². The van der Waals surface area contributed by atoms with Gasteiger partial charge >= 0.3 is 37.1 Å². The molecule has 11 aromatic rings. The molecule has 0 unspecified atom stereocenters. The standard InChI is InChI=1S/C61H29F18N3/c62-56(63,64)37-13-15-43(50(28-37)61(77,78)79)33-12-18-55(82-52-8-4-2-6-45(52)48-24-32(11-17-54(48)82)36-21-40(59(71,72)73)27-41(22-36)60(74,75)76)49(25-33)46-29-42(14-9-34(46)30-80)81-51-7-3-1-5-44(51)47-23-31(10-16-53(47)81)35-19-38(57(65,66)67)26-39(20-35)58(68,69)70/h1-29H. The largest absolute Gasteiger partial charge is 0.417 e. The van der Waals surface area contributed by atoms with Crippen LogP contribution in [-0.2, 0) is 37.1 Å². The van der Waals surface area contributed by atoms with Gasteiger partial charge in [-0.25, -0.2) is 0 Å². The molecule has 0 bridgehead atoms. The fraction of sp³-hybridized carbons (Fsp3) is 0.0984. The number of aromatic nitrogens is 2. The van der Waals surface area contributed by atoms with Crippen molar-refractivity contribution >= 4 is 43.6 Å². The zero-order chi connectivity index (χ0) is 58.8. The Kier molecular flexibility index (Phi) is 12.7. The molecule has 0 atom stereocenters. The number of rotatable bonds is 6. The summed E-state index contributed by atoms with van der Waals surface area (Å²) < 4.78 is 258. The van der Waals surface area contributed by atoms with Crippen LogP contribution in [0, 0.1) is 11.3 Å². The third-order valence-corrected chi connectivity index (χ3v) is 14.1. The molecule has 21 heteroatoms. The second-order valence-corrected chi connectivity index (χ2v) is 19.1. The molecule has 0 aliphatic carbocycles. The molecule has 9 aromatic carbocycles. The average Bonchev–Trinajstić information content (AvgIpc) is 4.17. The number of nitrogens with zero attached hydrogens (tertiary/aromatic N) is 3. The van der Waals surface area contributed by atoms with Gasteiger partial charge < -0.3 is 9.13 Å². The number of hydrogen-bond acceptors (Lipinski definition) is 1. The fourth-order valence-corrected chi connectivity index (χ4v) is 10.4. The number of halogens is 18. The zero-order valence-electron chi connectivity index (χ0n) is 40.9. The van der Waals surface area contributed by atoms with E-state index in [1.807, 2.05) is 0 Å². The molecule has 0 fully saturated rings. The van der Waals surface area contributed by atoms with Crippen LogP contribution < -0.4 is 0 Å². The number of para-hydroxylation sites is 2. The Bertz CT molecular complexity index is 4380. The van der Waals surface area contributed by atoms with Crippen LogP contribution in [0.5, 0.6) is 0 Å². The van der Waals surface area contributed by atoms with E-state index in [0.717, 1.165) is 0 Å². The predicted octanol–water partition coefficient (Wildman–Crippen LogP) is 20.5. The molecule has 82 heavy (non-hydrogen) atoms. The molecule has 11 rings (SSSR count). The first kappa shape index (κ1) is 54.8. The first-order valence-corrected chi connectivity index (χ1v) is 24.0. The van der Waals surface area contributed by atoms with Gasteiger partial charge in [-0.1, -0.05) is 60.7 Å². The van der Waals surface area contributed by atoms with Crippen LogP contribution in [0.25, 0.3) is 99.5 Å². The molecule has 0 aliphatic rings. The third-order valence-electron chi connectivity index (χ3n) is 14.1. The van der Waals surface area contributed by atoms with Gasteiger partial charge in [0, 0.05) is 38.4 Å². The van der Waals surface area contributed by atoms with E-state index in [9.17, 15) is 84.3 Å². The molecular formula is C61H29F18N3. The SMILES string of the molecule is N#Cc1ccc(-n2c3ccccc3c3cc(-c4cc(C(F)(F)F)cc(C(F)(F)F)c4)ccc32)cc1-c1cc(-c2ccc(C(F)(F)F)cc2C(F)(F)F)ccc1-n1c2ccccc2c2cc(-c3cc(C(F)(F)F)cc(C(F)(F)F)c3)ccc21. The molecule has 0 spiro atoms. The summed E-state index contributed by atoms with van der Waals surface area (Å²) in [5.74, 6) is 0. The predicted molar refractivity (Wildman–Crippen MR) is 272 cm³/mol. The van der Waals surface area contributed by atoms with Crippen molar-refractivity contribution in [3.05, 3.63) is 215 Å². The van der Waals surface area contributed by atoms with Gasteiger partial charge in [-0.05, 0) is 149 Å². The van der Waals surface area contributed by atoms with Gasteiger partial charge in [0.25, 0.3) is 0 Å². The number of benzene rings is 9. The fourth-order valence-electron chi connectivity index (χ4n) is 10.4. The monoisotopic (exact) mass is 1150 g/mol. The third kappa shape index (κ3) is 9.78. The topological polar surface area (TPSA) is 33.6 Å². The minimum Gasteiger partial charge on any atom is -0.309 e. The van der Waals surface area contributed by atoms with E-state index in [1.54, 1.807) is 57.7 Å². The molecule has 414 valence electrons. The van der Waals surface area contributed by atoms with E-state index in [4.69, 9.17) is 0 Å². The van der Waals surface area contributed by atoms with Crippen LogP contribution in [0.3, 0.4) is 0 Å². The Morgan fingerprint density at radius 3 is 1.20 bits per heavy atom. The molecule has 0 saturated carbocycles. The lowest BCUT2D eigenvalue weighted by Crippen LogP contribution is -2.12. The maximum atomic E-state index is 14.9. The minimum absolute atomic E-state index is 0.00345. The van der Waals surface area contributed by atoms with Gasteiger partial charge in [-0.15, -0.1) is 0 Å². The van der Waals surface area contributed by atoms with Crippen molar-refractivity contribution in [3.63, 3.8) is 0 Å². The summed E-state index contributed by atoms with van der Waals surface area (Å²) in [5, 5.41) is 12.2. The second kappa shape index (κ2) is 19.0. The number of nitriles is 1. The van der Waals surface area contributed by atoms with Crippen molar-refractivity contribution in [1.82, 2.24) is 9.13 Å². The van der Waals surface area contributed by atoms with Crippen LogP contribution >= 0.6 is 0 Å². The van der Waals surface area contributed by atoms with Crippen molar-refractivity contribution in [2.75, 3.05) is 0 Å². The normalized spacial score (nSPS) is 13.0. The molecule has 2 heterocycles. The van der Waals surface area contributed by atoms with E-state index in [-0.39, 0.29) is 73.9 Å². The van der Waals surface area contributed by atoms with E-state index < -0.39 is 87.1 Å². The average molecular weight is 1150 g/mol. The quantitative estimate of drug-likeness (QED) is 0.153. The molecule has 0 saturated heterocycles. The molecule has 0 radical (unpaired) electrons. The van der Waals surface area contributed by atoms with Crippen LogP contribution in [0.2, 0.25) is 0 Å². The molecule has 0 N–H and O–H groups in total. The van der Waals surface area contributed by atoms with Crippen molar-refractivity contribution in [3.8, 4) is 62.0 Å². The molecule has 0 amide bonds.